The average molecular weight is 619 g/mol. The number of nitrogens with one attached hydrogen (secondary N) is 2. The second-order valence-electron chi connectivity index (χ2n) is 13.1. The first kappa shape index (κ1) is 33.9. The van der Waals surface area contributed by atoms with E-state index in [2.05, 4.69) is 10.6 Å². The largest absolute Gasteiger partial charge is 0.459 e. The zero-order valence-corrected chi connectivity index (χ0v) is 26.9. The van der Waals surface area contributed by atoms with Gasteiger partial charge in [0.1, 0.15) is 18.2 Å². The molecule has 1 saturated heterocycles. The number of carbonyl (C=O) groups is 4. The number of epoxide rings is 1. The second-order valence-corrected chi connectivity index (χ2v) is 13.1. The molecule has 0 aromatic heterocycles. The summed E-state index contributed by atoms with van der Waals surface area (Å²) in [5.74, 6) is -2.28. The second kappa shape index (κ2) is 15.3. The van der Waals surface area contributed by atoms with Crippen molar-refractivity contribution in [2.45, 2.75) is 90.8 Å². The Morgan fingerprint density at radius 2 is 1.58 bits per heavy atom. The molecular weight excluding hydrogens is 572 g/mol. The maximum Gasteiger partial charge on any atom is 0.347 e. The summed E-state index contributed by atoms with van der Waals surface area (Å²) in [7, 11) is 0. The molecule has 2 aromatic rings. The fraction of sp³-hybridized carbons (Fsp3) is 0.500. The molecule has 2 aliphatic rings. The molecule has 1 fully saturated rings. The van der Waals surface area contributed by atoms with Gasteiger partial charge in [-0.25, -0.2) is 4.79 Å². The highest BCUT2D eigenvalue weighted by atomic mass is 16.6. The number of rotatable bonds is 8. The Morgan fingerprint density at radius 1 is 0.911 bits per heavy atom. The number of hydrogen-bond acceptors (Lipinski definition) is 7. The fourth-order valence-corrected chi connectivity index (χ4v) is 5.41. The van der Waals surface area contributed by atoms with Crippen LogP contribution in [0.5, 0.6) is 0 Å². The smallest absolute Gasteiger partial charge is 0.347 e. The van der Waals surface area contributed by atoms with Crippen molar-refractivity contribution in [3.8, 4) is 0 Å². The van der Waals surface area contributed by atoms with Gasteiger partial charge in [0.2, 0.25) is 11.8 Å². The Bertz CT molecular complexity index is 1340. The summed E-state index contributed by atoms with van der Waals surface area (Å²) in [4.78, 5) is 53.3. The number of ether oxygens (including phenoxy) is 3. The molecule has 242 valence electrons. The van der Waals surface area contributed by atoms with Gasteiger partial charge in [0.15, 0.2) is 6.10 Å². The van der Waals surface area contributed by atoms with Gasteiger partial charge in [0, 0.05) is 18.9 Å². The summed E-state index contributed by atoms with van der Waals surface area (Å²) >= 11 is 0. The van der Waals surface area contributed by atoms with Crippen LogP contribution in [0.3, 0.4) is 0 Å². The lowest BCUT2D eigenvalue weighted by Crippen LogP contribution is -2.50. The zero-order valence-electron chi connectivity index (χ0n) is 26.9. The molecule has 6 atom stereocenters. The van der Waals surface area contributed by atoms with Gasteiger partial charge >= 0.3 is 11.9 Å². The highest BCUT2D eigenvalue weighted by molar-refractivity contribution is 5.93. The number of carbonyl (C=O) groups excluding carboxylic acids is 4. The third-order valence-electron chi connectivity index (χ3n) is 8.32. The van der Waals surface area contributed by atoms with E-state index >= 15 is 0 Å². The molecule has 45 heavy (non-hydrogen) atoms. The van der Waals surface area contributed by atoms with Crippen LogP contribution in [-0.2, 0) is 39.8 Å². The van der Waals surface area contributed by atoms with E-state index in [9.17, 15) is 19.2 Å². The molecule has 0 bridgehead atoms. The summed E-state index contributed by atoms with van der Waals surface area (Å²) in [6.45, 7) is 9.08. The number of aryl methyl sites for hydroxylation is 1. The summed E-state index contributed by atoms with van der Waals surface area (Å²) in [5.41, 5.74) is 0.933. The van der Waals surface area contributed by atoms with Crippen LogP contribution in [0.25, 0.3) is 0 Å². The predicted molar refractivity (Wildman–Crippen MR) is 170 cm³/mol. The van der Waals surface area contributed by atoms with E-state index in [1.807, 2.05) is 81.4 Å². The first-order valence-corrected chi connectivity index (χ1v) is 15.8. The van der Waals surface area contributed by atoms with E-state index in [1.165, 1.54) is 6.08 Å². The predicted octanol–water partition coefficient (Wildman–Crippen LogP) is 4.85. The zero-order chi connectivity index (χ0) is 32.6. The Kier molecular flexibility index (Phi) is 11.6. The molecule has 2 amide bonds. The molecule has 2 N–H and O–H groups in total. The molecular formula is C36H46N2O7. The van der Waals surface area contributed by atoms with Gasteiger partial charge in [-0.05, 0) is 56.2 Å². The third-order valence-corrected chi connectivity index (χ3v) is 8.32. The Hall–Kier alpha value is -3.98. The first-order chi connectivity index (χ1) is 21.4. The molecule has 2 heterocycles. The minimum Gasteiger partial charge on any atom is -0.459 e. The minimum atomic E-state index is -1.15. The number of esters is 2. The van der Waals surface area contributed by atoms with E-state index in [-0.39, 0.29) is 43.4 Å². The van der Waals surface area contributed by atoms with E-state index in [0.29, 0.717) is 12.8 Å². The normalized spacial score (nSPS) is 27.5. The van der Waals surface area contributed by atoms with Gasteiger partial charge in [0.25, 0.3) is 0 Å². The van der Waals surface area contributed by atoms with Gasteiger partial charge in [-0.2, -0.15) is 0 Å². The molecule has 2 aromatic carbocycles. The van der Waals surface area contributed by atoms with Gasteiger partial charge in [-0.15, -0.1) is 0 Å². The lowest BCUT2D eigenvalue weighted by molar-refractivity contribution is -0.179. The van der Waals surface area contributed by atoms with Crippen LogP contribution < -0.4 is 10.6 Å². The Labute approximate surface area is 266 Å². The quantitative estimate of drug-likeness (QED) is 0.320. The van der Waals surface area contributed by atoms with Crippen LogP contribution in [0, 0.1) is 17.3 Å². The maximum absolute atomic E-state index is 13.5. The lowest BCUT2D eigenvalue weighted by atomic mass is 9.92. The van der Waals surface area contributed by atoms with Crippen molar-refractivity contribution in [1.82, 2.24) is 10.6 Å². The summed E-state index contributed by atoms with van der Waals surface area (Å²) < 4.78 is 17.8. The number of benzene rings is 2. The van der Waals surface area contributed by atoms with Crippen molar-refractivity contribution in [1.29, 1.82) is 0 Å². The SMILES string of the molecule is CC(C)C[C@@H]1OC(=O)C(C)(C)CNC(=O)[C@@H](CCc2ccccc2)NC(=O)/C=C/C[C@@H]([C@H](C)[C@H]2O[C@@H]2c2ccccc2)OC1=O. The van der Waals surface area contributed by atoms with Crippen molar-refractivity contribution in [2.75, 3.05) is 6.54 Å². The van der Waals surface area contributed by atoms with Crippen LogP contribution >= 0.6 is 0 Å². The molecule has 0 spiro atoms. The van der Waals surface area contributed by atoms with Gasteiger partial charge in [-0.1, -0.05) is 87.5 Å². The van der Waals surface area contributed by atoms with Crippen LogP contribution in [0.1, 0.15) is 71.1 Å². The van der Waals surface area contributed by atoms with Crippen LogP contribution in [-0.4, -0.2) is 54.7 Å². The van der Waals surface area contributed by atoms with Crippen molar-refractivity contribution in [3.63, 3.8) is 0 Å². The van der Waals surface area contributed by atoms with E-state index in [4.69, 9.17) is 14.2 Å². The monoisotopic (exact) mass is 618 g/mol. The van der Waals surface area contributed by atoms with Crippen LogP contribution in [0.2, 0.25) is 0 Å². The van der Waals surface area contributed by atoms with E-state index in [1.54, 1.807) is 19.9 Å². The molecule has 4 rings (SSSR count). The molecule has 0 saturated carbocycles. The first-order valence-electron chi connectivity index (χ1n) is 15.8. The standard InChI is InChI=1S/C36H46N2O7/c1-23(2)21-29-34(41)43-28(24(3)31-32(45-31)26-15-10-7-11-16-26)17-12-18-30(39)38-27(20-19-25-13-8-6-9-14-25)33(40)37-22-36(4,5)35(42)44-29/h6-16,18,23-24,27-29,31-32H,17,19-22H2,1-5H3,(H,37,40)(H,38,39)/b18-12+/t24-,27+,28-,29-,31+,32+/m0/s1. The fourth-order valence-electron chi connectivity index (χ4n) is 5.41. The summed E-state index contributed by atoms with van der Waals surface area (Å²) in [6.07, 6.45) is 2.40. The Balaban J connectivity index is 1.57. The lowest BCUT2D eigenvalue weighted by Gasteiger charge is -2.29. The topological polar surface area (TPSA) is 123 Å². The maximum atomic E-state index is 13.5. The van der Waals surface area contributed by atoms with Crippen molar-refractivity contribution < 1.29 is 33.4 Å². The van der Waals surface area contributed by atoms with Gasteiger partial charge < -0.3 is 24.8 Å². The van der Waals surface area contributed by atoms with Gasteiger partial charge in [0.05, 0.1) is 11.5 Å². The molecule has 0 unspecified atom stereocenters. The average Bonchev–Trinajstić information content (AvgIpc) is 3.82. The molecule has 9 heteroatoms. The molecule has 0 radical (unpaired) electrons. The molecule has 2 aliphatic heterocycles. The highest BCUT2D eigenvalue weighted by Gasteiger charge is 2.48. The number of cyclic esters (lactones) is 2. The Morgan fingerprint density at radius 3 is 2.24 bits per heavy atom. The minimum absolute atomic E-state index is 0.0405. The van der Waals surface area contributed by atoms with Crippen molar-refractivity contribution in [2.24, 2.45) is 17.3 Å². The third kappa shape index (κ3) is 9.75. The van der Waals surface area contributed by atoms with E-state index < -0.39 is 47.4 Å². The highest BCUT2D eigenvalue weighted by Crippen LogP contribution is 2.45. The molecule has 9 nitrogen and oxygen atoms in total. The summed E-state index contributed by atoms with van der Waals surface area (Å²) in [6, 6.07) is 18.7. The van der Waals surface area contributed by atoms with Crippen molar-refractivity contribution >= 4 is 23.8 Å². The molecule has 0 aliphatic carbocycles. The van der Waals surface area contributed by atoms with Crippen LogP contribution in [0.4, 0.5) is 0 Å². The van der Waals surface area contributed by atoms with Crippen LogP contribution in [0.15, 0.2) is 72.8 Å². The van der Waals surface area contributed by atoms with E-state index in [0.717, 1.165) is 11.1 Å². The number of hydrogen-bond donors (Lipinski definition) is 2. The number of amides is 2. The summed E-state index contributed by atoms with van der Waals surface area (Å²) in [5, 5.41) is 5.63. The van der Waals surface area contributed by atoms with Crippen molar-refractivity contribution in [3.05, 3.63) is 83.9 Å². The van der Waals surface area contributed by atoms with Gasteiger partial charge in [-0.3, -0.25) is 14.4 Å².